The zero-order valence-electron chi connectivity index (χ0n) is 11.9. The van der Waals surface area contributed by atoms with Crippen LogP contribution >= 0.6 is 0 Å². The summed E-state index contributed by atoms with van der Waals surface area (Å²) >= 11 is 0. The van der Waals surface area contributed by atoms with Crippen LogP contribution in [0.25, 0.3) is 0 Å². The van der Waals surface area contributed by atoms with Crippen LogP contribution in [0.15, 0.2) is 30.6 Å². The van der Waals surface area contributed by atoms with Crippen molar-refractivity contribution >= 4 is 5.69 Å². The predicted octanol–water partition coefficient (Wildman–Crippen LogP) is 3.05. The Morgan fingerprint density at radius 2 is 2.29 bits per heavy atom. The van der Waals surface area contributed by atoms with Gasteiger partial charge < -0.3 is 9.84 Å². The lowest BCUT2D eigenvalue weighted by Gasteiger charge is -2.08. The average Bonchev–Trinajstić information content (AvgIpc) is 2.86. The van der Waals surface area contributed by atoms with Gasteiger partial charge in [0.25, 0.3) is 0 Å². The number of hydrogen-bond donors (Lipinski definition) is 1. The van der Waals surface area contributed by atoms with E-state index in [9.17, 15) is 15.2 Å². The number of nitro groups is 1. The summed E-state index contributed by atoms with van der Waals surface area (Å²) in [4.78, 5) is 10.6. The van der Waals surface area contributed by atoms with E-state index in [0.717, 1.165) is 13.0 Å². The average molecular weight is 291 g/mol. The summed E-state index contributed by atoms with van der Waals surface area (Å²) < 4.78 is 7.24. The molecular formula is C14H17N3O4. The van der Waals surface area contributed by atoms with E-state index < -0.39 is 11.0 Å². The lowest BCUT2D eigenvalue weighted by Crippen LogP contribution is -1.97. The molecule has 0 aliphatic carbocycles. The van der Waals surface area contributed by atoms with Gasteiger partial charge in [0, 0.05) is 12.6 Å². The van der Waals surface area contributed by atoms with Gasteiger partial charge in [-0.05, 0) is 25.0 Å². The van der Waals surface area contributed by atoms with Gasteiger partial charge in [0.15, 0.2) is 5.75 Å². The van der Waals surface area contributed by atoms with E-state index in [1.165, 1.54) is 18.3 Å². The first-order valence-electron chi connectivity index (χ1n) is 6.68. The van der Waals surface area contributed by atoms with Gasteiger partial charge in [-0.3, -0.25) is 14.8 Å². The van der Waals surface area contributed by atoms with Crippen LogP contribution in [0.1, 0.15) is 31.9 Å². The van der Waals surface area contributed by atoms with Crippen molar-refractivity contribution in [2.45, 2.75) is 32.9 Å². The van der Waals surface area contributed by atoms with E-state index in [4.69, 9.17) is 4.74 Å². The summed E-state index contributed by atoms with van der Waals surface area (Å²) in [6, 6.07) is 4.40. The third kappa shape index (κ3) is 3.57. The maximum absolute atomic E-state index is 11.1. The molecule has 7 heteroatoms. The number of aliphatic hydroxyl groups excluding tert-OH is 1. The molecule has 1 heterocycles. The van der Waals surface area contributed by atoms with Crippen molar-refractivity contribution < 1.29 is 14.8 Å². The molecule has 2 aromatic rings. The predicted molar refractivity (Wildman–Crippen MR) is 76.3 cm³/mol. The van der Waals surface area contributed by atoms with Crippen molar-refractivity contribution in [2.75, 3.05) is 0 Å². The summed E-state index contributed by atoms with van der Waals surface area (Å²) in [6.45, 7) is 4.34. The molecule has 0 aliphatic heterocycles. The molecule has 0 spiro atoms. The van der Waals surface area contributed by atoms with Crippen LogP contribution in [-0.2, 0) is 6.54 Å². The molecular weight excluding hydrogens is 274 g/mol. The largest absolute Gasteiger partial charge is 0.447 e. The lowest BCUT2D eigenvalue weighted by molar-refractivity contribution is -0.385. The second-order valence-corrected chi connectivity index (χ2v) is 4.70. The molecule has 0 unspecified atom stereocenters. The second-order valence-electron chi connectivity index (χ2n) is 4.70. The quantitative estimate of drug-likeness (QED) is 0.652. The molecule has 112 valence electrons. The van der Waals surface area contributed by atoms with Crippen molar-refractivity contribution in [3.05, 3.63) is 46.3 Å². The van der Waals surface area contributed by atoms with E-state index in [0.29, 0.717) is 11.3 Å². The molecule has 1 aromatic heterocycles. The Labute approximate surface area is 121 Å². The molecule has 7 nitrogen and oxygen atoms in total. The Kier molecular flexibility index (Phi) is 4.54. The highest BCUT2D eigenvalue weighted by atomic mass is 16.6. The number of benzene rings is 1. The normalized spacial score (nSPS) is 12.1. The number of rotatable bonds is 6. The molecule has 0 bridgehead atoms. The van der Waals surface area contributed by atoms with E-state index in [1.807, 2.05) is 6.92 Å². The SMILES string of the molecule is CCCn1cc(Oc2ccc([C@H](C)O)cc2[N+](=O)[O-])cn1. The highest BCUT2D eigenvalue weighted by molar-refractivity contribution is 5.50. The van der Waals surface area contributed by atoms with Gasteiger partial charge >= 0.3 is 5.69 Å². The molecule has 1 aromatic carbocycles. The zero-order valence-corrected chi connectivity index (χ0v) is 11.9. The first-order valence-corrected chi connectivity index (χ1v) is 6.68. The maximum atomic E-state index is 11.1. The summed E-state index contributed by atoms with van der Waals surface area (Å²) in [5.41, 5.74) is 0.285. The van der Waals surface area contributed by atoms with Gasteiger partial charge in [-0.25, -0.2) is 0 Å². The van der Waals surface area contributed by atoms with Crippen molar-refractivity contribution in [2.24, 2.45) is 0 Å². The van der Waals surface area contributed by atoms with Crippen LogP contribution in [0.4, 0.5) is 5.69 Å². The van der Waals surface area contributed by atoms with Crippen LogP contribution in [0.2, 0.25) is 0 Å². The number of nitrogens with zero attached hydrogens (tertiary/aromatic N) is 3. The summed E-state index contributed by atoms with van der Waals surface area (Å²) in [6.07, 6.45) is 3.37. The minimum absolute atomic E-state index is 0.125. The standard InChI is InChI=1S/C14H17N3O4/c1-3-6-16-9-12(8-15-16)21-14-5-4-11(10(2)18)7-13(14)17(19)20/h4-5,7-10,18H,3,6H2,1-2H3/t10-/m0/s1. The Morgan fingerprint density at radius 3 is 2.90 bits per heavy atom. The number of hydrogen-bond acceptors (Lipinski definition) is 5. The second kappa shape index (κ2) is 6.36. The van der Waals surface area contributed by atoms with Crippen molar-refractivity contribution in [3.63, 3.8) is 0 Å². The highest BCUT2D eigenvalue weighted by Crippen LogP contribution is 2.33. The Balaban J connectivity index is 2.27. The molecule has 0 aliphatic rings. The minimum Gasteiger partial charge on any atom is -0.447 e. The van der Waals surface area contributed by atoms with Gasteiger partial charge in [0.2, 0.25) is 5.75 Å². The summed E-state index contributed by atoms with van der Waals surface area (Å²) in [5.74, 6) is 0.566. The molecule has 0 saturated carbocycles. The number of aromatic nitrogens is 2. The first-order chi connectivity index (χ1) is 10.0. The maximum Gasteiger partial charge on any atom is 0.311 e. The fourth-order valence-electron chi connectivity index (χ4n) is 1.90. The van der Waals surface area contributed by atoms with Gasteiger partial charge in [-0.1, -0.05) is 13.0 Å². The number of aryl methyl sites for hydroxylation is 1. The Hall–Kier alpha value is -2.41. The van der Waals surface area contributed by atoms with Crippen LogP contribution < -0.4 is 4.74 Å². The Morgan fingerprint density at radius 1 is 1.52 bits per heavy atom. The number of ether oxygens (including phenoxy) is 1. The fraction of sp³-hybridized carbons (Fsp3) is 0.357. The summed E-state index contributed by atoms with van der Waals surface area (Å²) in [7, 11) is 0. The topological polar surface area (TPSA) is 90.4 Å². The van der Waals surface area contributed by atoms with Gasteiger partial charge in [-0.15, -0.1) is 0 Å². The molecule has 0 amide bonds. The molecule has 21 heavy (non-hydrogen) atoms. The van der Waals surface area contributed by atoms with Crippen molar-refractivity contribution in [1.29, 1.82) is 0 Å². The molecule has 1 N–H and O–H groups in total. The third-order valence-electron chi connectivity index (χ3n) is 2.95. The van der Waals surface area contributed by atoms with Crippen molar-refractivity contribution in [3.8, 4) is 11.5 Å². The molecule has 0 fully saturated rings. The third-order valence-corrected chi connectivity index (χ3v) is 2.95. The molecule has 0 radical (unpaired) electrons. The smallest absolute Gasteiger partial charge is 0.311 e. The minimum atomic E-state index is -0.773. The van der Waals surface area contributed by atoms with Gasteiger partial charge in [0.05, 0.1) is 23.4 Å². The highest BCUT2D eigenvalue weighted by Gasteiger charge is 2.18. The first kappa shape index (κ1) is 15.0. The molecule has 2 rings (SSSR count). The number of aliphatic hydroxyl groups is 1. The molecule has 0 saturated heterocycles. The van der Waals surface area contributed by atoms with Crippen LogP contribution in [0.5, 0.6) is 11.5 Å². The van der Waals surface area contributed by atoms with Crippen LogP contribution in [0, 0.1) is 10.1 Å². The van der Waals surface area contributed by atoms with Gasteiger partial charge in [-0.2, -0.15) is 5.10 Å². The van der Waals surface area contributed by atoms with Crippen molar-refractivity contribution in [1.82, 2.24) is 9.78 Å². The van der Waals surface area contributed by atoms with Gasteiger partial charge in [0.1, 0.15) is 0 Å². The van der Waals surface area contributed by atoms with E-state index >= 15 is 0 Å². The molecule has 1 atom stereocenters. The monoisotopic (exact) mass is 291 g/mol. The van der Waals surface area contributed by atoms with Crippen LogP contribution in [0.3, 0.4) is 0 Å². The summed E-state index contributed by atoms with van der Waals surface area (Å²) in [5, 5.41) is 24.7. The number of nitro benzene ring substituents is 1. The lowest BCUT2D eigenvalue weighted by atomic mass is 10.1. The van der Waals surface area contributed by atoms with E-state index in [2.05, 4.69) is 5.10 Å². The van der Waals surface area contributed by atoms with E-state index in [-0.39, 0.29) is 11.4 Å². The Bertz CT molecular complexity index is 637. The van der Waals surface area contributed by atoms with E-state index in [1.54, 1.807) is 23.9 Å². The zero-order chi connectivity index (χ0) is 15.4. The fourth-order valence-corrected chi connectivity index (χ4v) is 1.90. The van der Waals surface area contributed by atoms with Crippen LogP contribution in [-0.4, -0.2) is 19.8 Å².